The van der Waals surface area contributed by atoms with Crippen molar-refractivity contribution in [2.45, 2.75) is 26.2 Å². The fourth-order valence-corrected chi connectivity index (χ4v) is 3.63. The standard InChI is InChI=1S/C19H21BrN2O/c1-14-8-9-17(16(20)13-14)21-11-10-19(23)22-12-4-6-15-5-2-3-7-18(15)22/h2-3,5,7-9,13,21H,4,6,10-12H2,1H3. The maximum Gasteiger partial charge on any atom is 0.228 e. The number of anilines is 2. The largest absolute Gasteiger partial charge is 0.384 e. The molecule has 0 aromatic heterocycles. The van der Waals surface area contributed by atoms with Crippen molar-refractivity contribution in [3.63, 3.8) is 0 Å². The zero-order valence-corrected chi connectivity index (χ0v) is 14.9. The third-order valence-corrected chi connectivity index (χ3v) is 4.85. The van der Waals surface area contributed by atoms with Crippen LogP contribution in [0, 0.1) is 6.92 Å². The normalized spacial score (nSPS) is 13.6. The van der Waals surface area contributed by atoms with Crippen molar-refractivity contribution < 1.29 is 4.79 Å². The van der Waals surface area contributed by atoms with Gasteiger partial charge in [-0.25, -0.2) is 0 Å². The molecular formula is C19H21BrN2O. The third-order valence-electron chi connectivity index (χ3n) is 4.19. The number of hydrogen-bond donors (Lipinski definition) is 1. The van der Waals surface area contributed by atoms with Gasteiger partial charge in [-0.2, -0.15) is 0 Å². The number of rotatable bonds is 4. The van der Waals surface area contributed by atoms with Gasteiger partial charge in [-0.05, 0) is 65.0 Å². The number of fused-ring (bicyclic) bond motifs is 1. The zero-order valence-electron chi connectivity index (χ0n) is 13.3. The minimum absolute atomic E-state index is 0.188. The molecule has 4 heteroatoms. The molecule has 2 aromatic rings. The molecule has 0 fully saturated rings. The zero-order chi connectivity index (χ0) is 16.2. The van der Waals surface area contributed by atoms with Gasteiger partial charge in [-0.1, -0.05) is 24.3 Å². The van der Waals surface area contributed by atoms with Crippen molar-refractivity contribution in [1.29, 1.82) is 0 Å². The summed E-state index contributed by atoms with van der Waals surface area (Å²) >= 11 is 3.55. The Bertz CT molecular complexity index is 714. The Morgan fingerprint density at radius 3 is 2.91 bits per heavy atom. The number of amides is 1. The molecule has 0 saturated heterocycles. The average Bonchev–Trinajstić information content (AvgIpc) is 2.56. The molecule has 1 heterocycles. The Kier molecular flexibility index (Phi) is 5.01. The van der Waals surface area contributed by atoms with Gasteiger partial charge in [0, 0.05) is 35.4 Å². The Morgan fingerprint density at radius 2 is 2.09 bits per heavy atom. The molecule has 120 valence electrons. The summed E-state index contributed by atoms with van der Waals surface area (Å²) in [7, 11) is 0. The molecule has 1 N–H and O–H groups in total. The molecule has 1 amide bonds. The van der Waals surface area contributed by atoms with Crippen LogP contribution in [0.4, 0.5) is 11.4 Å². The van der Waals surface area contributed by atoms with Crippen LogP contribution in [0.1, 0.15) is 24.0 Å². The highest BCUT2D eigenvalue weighted by molar-refractivity contribution is 9.10. The highest BCUT2D eigenvalue weighted by Gasteiger charge is 2.21. The minimum atomic E-state index is 0.188. The first kappa shape index (κ1) is 16.1. The number of aryl methyl sites for hydroxylation is 2. The van der Waals surface area contributed by atoms with Crippen LogP contribution in [0.5, 0.6) is 0 Å². The lowest BCUT2D eigenvalue weighted by atomic mass is 10.0. The molecule has 0 saturated carbocycles. The van der Waals surface area contributed by atoms with E-state index < -0.39 is 0 Å². The molecule has 3 rings (SSSR count). The quantitative estimate of drug-likeness (QED) is 0.854. The summed E-state index contributed by atoms with van der Waals surface area (Å²) in [6.07, 6.45) is 2.60. The number of nitrogens with zero attached hydrogens (tertiary/aromatic N) is 1. The lowest BCUT2D eigenvalue weighted by Crippen LogP contribution is -2.36. The Hall–Kier alpha value is -1.81. The third kappa shape index (κ3) is 3.75. The molecule has 1 aliphatic rings. The van der Waals surface area contributed by atoms with Gasteiger partial charge < -0.3 is 10.2 Å². The summed E-state index contributed by atoms with van der Waals surface area (Å²) in [5.74, 6) is 0.188. The molecule has 3 nitrogen and oxygen atoms in total. The van der Waals surface area contributed by atoms with Crippen LogP contribution in [0.25, 0.3) is 0 Å². The van der Waals surface area contributed by atoms with Crippen LogP contribution >= 0.6 is 15.9 Å². The van der Waals surface area contributed by atoms with Gasteiger partial charge in [-0.15, -0.1) is 0 Å². The topological polar surface area (TPSA) is 32.3 Å². The SMILES string of the molecule is Cc1ccc(NCCC(=O)N2CCCc3ccccc32)c(Br)c1. The monoisotopic (exact) mass is 372 g/mol. The van der Waals surface area contributed by atoms with E-state index in [9.17, 15) is 4.79 Å². The van der Waals surface area contributed by atoms with Gasteiger partial charge in [0.1, 0.15) is 0 Å². The van der Waals surface area contributed by atoms with Crippen LogP contribution in [0.2, 0.25) is 0 Å². The number of carbonyl (C=O) groups excluding carboxylic acids is 1. The molecule has 0 radical (unpaired) electrons. The summed E-state index contributed by atoms with van der Waals surface area (Å²) in [5.41, 5.74) is 4.60. The van der Waals surface area contributed by atoms with Gasteiger partial charge >= 0.3 is 0 Å². The van der Waals surface area contributed by atoms with E-state index >= 15 is 0 Å². The van der Waals surface area contributed by atoms with Gasteiger partial charge in [0.05, 0.1) is 0 Å². The maximum absolute atomic E-state index is 12.6. The predicted octanol–water partition coefficient (Wildman–Crippen LogP) is 4.54. The van der Waals surface area contributed by atoms with Crippen LogP contribution in [0.15, 0.2) is 46.9 Å². The van der Waals surface area contributed by atoms with Gasteiger partial charge in [0.2, 0.25) is 5.91 Å². The Balaban J connectivity index is 1.60. The molecular weight excluding hydrogens is 352 g/mol. The van der Waals surface area contributed by atoms with Crippen molar-refractivity contribution in [3.05, 3.63) is 58.1 Å². The van der Waals surface area contributed by atoms with Gasteiger partial charge in [0.25, 0.3) is 0 Å². The van der Waals surface area contributed by atoms with E-state index in [0.29, 0.717) is 13.0 Å². The number of hydrogen-bond acceptors (Lipinski definition) is 2. The summed E-state index contributed by atoms with van der Waals surface area (Å²) in [6.45, 7) is 3.52. The van der Waals surface area contributed by atoms with Crippen LogP contribution < -0.4 is 10.2 Å². The predicted molar refractivity (Wildman–Crippen MR) is 99.1 cm³/mol. The Morgan fingerprint density at radius 1 is 1.26 bits per heavy atom. The van der Waals surface area contributed by atoms with Crippen LogP contribution in [-0.2, 0) is 11.2 Å². The molecule has 1 aliphatic heterocycles. The van der Waals surface area contributed by atoms with Crippen LogP contribution in [0.3, 0.4) is 0 Å². The number of para-hydroxylation sites is 1. The van der Waals surface area contributed by atoms with Crippen molar-refractivity contribution in [2.24, 2.45) is 0 Å². The fraction of sp³-hybridized carbons (Fsp3) is 0.316. The fourth-order valence-electron chi connectivity index (χ4n) is 3.00. The summed E-state index contributed by atoms with van der Waals surface area (Å²) < 4.78 is 1.04. The van der Waals surface area contributed by atoms with E-state index in [1.165, 1.54) is 11.1 Å². The second-order valence-corrected chi connectivity index (χ2v) is 6.79. The lowest BCUT2D eigenvalue weighted by Gasteiger charge is -2.29. The first-order chi connectivity index (χ1) is 11.1. The van der Waals surface area contributed by atoms with E-state index in [2.05, 4.69) is 52.4 Å². The lowest BCUT2D eigenvalue weighted by molar-refractivity contribution is -0.118. The number of nitrogens with one attached hydrogen (secondary N) is 1. The van der Waals surface area contributed by atoms with E-state index in [-0.39, 0.29) is 5.91 Å². The second-order valence-electron chi connectivity index (χ2n) is 5.94. The second kappa shape index (κ2) is 7.18. The van der Waals surface area contributed by atoms with Gasteiger partial charge in [0.15, 0.2) is 0 Å². The van der Waals surface area contributed by atoms with E-state index in [1.807, 2.05) is 23.1 Å². The molecule has 0 bridgehead atoms. The van der Waals surface area contributed by atoms with Crippen molar-refractivity contribution >= 4 is 33.2 Å². The Labute approximate surface area is 145 Å². The first-order valence-corrected chi connectivity index (χ1v) is 8.83. The maximum atomic E-state index is 12.6. The summed E-state index contributed by atoms with van der Waals surface area (Å²) in [6, 6.07) is 14.4. The molecule has 2 aromatic carbocycles. The molecule has 0 unspecified atom stereocenters. The molecule has 0 aliphatic carbocycles. The van der Waals surface area contributed by atoms with E-state index in [1.54, 1.807) is 0 Å². The molecule has 0 atom stereocenters. The average molecular weight is 373 g/mol. The highest BCUT2D eigenvalue weighted by atomic mass is 79.9. The first-order valence-electron chi connectivity index (χ1n) is 8.03. The number of halogens is 1. The summed E-state index contributed by atoms with van der Waals surface area (Å²) in [4.78, 5) is 14.5. The minimum Gasteiger partial charge on any atom is -0.384 e. The number of benzene rings is 2. The van der Waals surface area contributed by atoms with Crippen LogP contribution in [-0.4, -0.2) is 19.0 Å². The number of carbonyl (C=O) groups is 1. The highest BCUT2D eigenvalue weighted by Crippen LogP contribution is 2.27. The van der Waals surface area contributed by atoms with Gasteiger partial charge in [-0.3, -0.25) is 4.79 Å². The van der Waals surface area contributed by atoms with E-state index in [0.717, 1.165) is 35.2 Å². The summed E-state index contributed by atoms with van der Waals surface area (Å²) in [5, 5.41) is 3.34. The van der Waals surface area contributed by atoms with Crippen molar-refractivity contribution in [1.82, 2.24) is 0 Å². The smallest absolute Gasteiger partial charge is 0.228 e. The molecule has 23 heavy (non-hydrogen) atoms. The van der Waals surface area contributed by atoms with Crippen molar-refractivity contribution in [3.8, 4) is 0 Å². The van der Waals surface area contributed by atoms with E-state index in [4.69, 9.17) is 0 Å². The van der Waals surface area contributed by atoms with Crippen molar-refractivity contribution in [2.75, 3.05) is 23.3 Å². The molecule has 0 spiro atoms.